The van der Waals surface area contributed by atoms with Crippen LogP contribution in [0.15, 0.2) is 69.9 Å². The predicted molar refractivity (Wildman–Crippen MR) is 87.4 cm³/mol. The summed E-state index contributed by atoms with van der Waals surface area (Å²) in [6, 6.07) is 17.5. The number of halogens is 1. The van der Waals surface area contributed by atoms with Crippen molar-refractivity contribution < 1.29 is 9.15 Å². The molecule has 3 rings (SSSR count). The molecule has 0 saturated carbocycles. The lowest BCUT2D eigenvalue weighted by molar-refractivity contribution is 0.414. The van der Waals surface area contributed by atoms with Gasteiger partial charge in [0.05, 0.1) is 12.7 Å². The van der Waals surface area contributed by atoms with Crippen molar-refractivity contribution >= 4 is 11.6 Å². The number of para-hydroxylation sites is 1. The highest BCUT2D eigenvalue weighted by molar-refractivity contribution is 6.30. The van der Waals surface area contributed by atoms with E-state index in [1.807, 2.05) is 36.4 Å². The Morgan fingerprint density at radius 2 is 1.64 bits per heavy atom. The summed E-state index contributed by atoms with van der Waals surface area (Å²) in [4.78, 5) is 12.0. The maximum absolute atomic E-state index is 12.0. The SMILES string of the molecule is COc1ccccc1-c1cc(=O)cc(-c2ccc(Cl)cc2)o1. The molecule has 110 valence electrons. The molecule has 0 fully saturated rings. The van der Waals surface area contributed by atoms with Crippen LogP contribution in [0.3, 0.4) is 0 Å². The van der Waals surface area contributed by atoms with Gasteiger partial charge in [-0.15, -0.1) is 0 Å². The van der Waals surface area contributed by atoms with Crippen molar-refractivity contribution in [2.24, 2.45) is 0 Å². The summed E-state index contributed by atoms with van der Waals surface area (Å²) in [6.07, 6.45) is 0. The summed E-state index contributed by atoms with van der Waals surface area (Å²) in [5.41, 5.74) is 1.40. The first-order valence-corrected chi connectivity index (χ1v) is 7.10. The van der Waals surface area contributed by atoms with Gasteiger partial charge in [0.2, 0.25) is 0 Å². The summed E-state index contributed by atoms with van der Waals surface area (Å²) in [6.45, 7) is 0. The molecule has 0 amide bonds. The van der Waals surface area contributed by atoms with Crippen LogP contribution in [0.2, 0.25) is 5.02 Å². The molecular formula is C18H13ClO3. The quantitative estimate of drug-likeness (QED) is 0.707. The van der Waals surface area contributed by atoms with Crippen molar-refractivity contribution in [3.63, 3.8) is 0 Å². The molecule has 1 heterocycles. The van der Waals surface area contributed by atoms with E-state index < -0.39 is 0 Å². The number of rotatable bonds is 3. The van der Waals surface area contributed by atoms with E-state index in [-0.39, 0.29) is 5.43 Å². The number of hydrogen-bond donors (Lipinski definition) is 0. The molecule has 0 atom stereocenters. The van der Waals surface area contributed by atoms with Gasteiger partial charge in [0, 0.05) is 22.7 Å². The zero-order valence-electron chi connectivity index (χ0n) is 11.9. The highest BCUT2D eigenvalue weighted by Crippen LogP contribution is 2.31. The van der Waals surface area contributed by atoms with Crippen molar-refractivity contribution in [2.75, 3.05) is 7.11 Å². The molecule has 0 aliphatic rings. The molecule has 2 aromatic carbocycles. The van der Waals surface area contributed by atoms with Gasteiger partial charge in [0.25, 0.3) is 0 Å². The first-order valence-electron chi connectivity index (χ1n) is 6.72. The minimum Gasteiger partial charge on any atom is -0.496 e. The highest BCUT2D eigenvalue weighted by atomic mass is 35.5. The molecule has 0 saturated heterocycles. The van der Waals surface area contributed by atoms with Gasteiger partial charge in [0.1, 0.15) is 17.3 Å². The number of benzene rings is 2. The standard InChI is InChI=1S/C18H13ClO3/c1-21-16-5-3-2-4-15(16)18-11-14(20)10-17(22-18)12-6-8-13(19)9-7-12/h2-11H,1H3. The lowest BCUT2D eigenvalue weighted by Gasteiger charge is -2.09. The molecule has 0 spiro atoms. The Kier molecular flexibility index (Phi) is 3.98. The monoisotopic (exact) mass is 312 g/mol. The summed E-state index contributed by atoms with van der Waals surface area (Å²) >= 11 is 5.89. The van der Waals surface area contributed by atoms with E-state index in [0.29, 0.717) is 22.3 Å². The van der Waals surface area contributed by atoms with Gasteiger partial charge < -0.3 is 9.15 Å². The Morgan fingerprint density at radius 1 is 0.955 bits per heavy atom. The third kappa shape index (κ3) is 2.90. The van der Waals surface area contributed by atoms with E-state index in [0.717, 1.165) is 11.1 Å². The summed E-state index contributed by atoms with van der Waals surface area (Å²) in [5.74, 6) is 1.61. The predicted octanol–water partition coefficient (Wildman–Crippen LogP) is 4.64. The largest absolute Gasteiger partial charge is 0.496 e. The molecule has 0 aliphatic heterocycles. The van der Waals surface area contributed by atoms with Crippen LogP contribution >= 0.6 is 11.6 Å². The molecule has 22 heavy (non-hydrogen) atoms. The fourth-order valence-corrected chi connectivity index (χ4v) is 2.34. The fraction of sp³-hybridized carbons (Fsp3) is 0.0556. The van der Waals surface area contributed by atoms with Crippen molar-refractivity contribution in [3.8, 4) is 28.4 Å². The van der Waals surface area contributed by atoms with Crippen LogP contribution in [0.4, 0.5) is 0 Å². The zero-order chi connectivity index (χ0) is 15.5. The van der Waals surface area contributed by atoms with Gasteiger partial charge in [-0.05, 0) is 36.4 Å². The van der Waals surface area contributed by atoms with Crippen molar-refractivity contribution in [1.82, 2.24) is 0 Å². The van der Waals surface area contributed by atoms with E-state index >= 15 is 0 Å². The third-order valence-electron chi connectivity index (χ3n) is 3.27. The highest BCUT2D eigenvalue weighted by Gasteiger charge is 2.11. The van der Waals surface area contributed by atoms with E-state index in [2.05, 4.69) is 0 Å². The van der Waals surface area contributed by atoms with Crippen LogP contribution in [0, 0.1) is 0 Å². The average Bonchev–Trinajstić information content (AvgIpc) is 2.55. The normalized spacial score (nSPS) is 10.5. The minimum atomic E-state index is -0.128. The van der Waals surface area contributed by atoms with Crippen molar-refractivity contribution in [1.29, 1.82) is 0 Å². The summed E-state index contributed by atoms with van der Waals surface area (Å²) in [7, 11) is 1.58. The molecule has 0 radical (unpaired) electrons. The molecule has 0 aliphatic carbocycles. The van der Waals surface area contributed by atoms with Crippen LogP contribution in [0.1, 0.15) is 0 Å². The van der Waals surface area contributed by atoms with Crippen LogP contribution in [0.25, 0.3) is 22.6 Å². The average molecular weight is 313 g/mol. The van der Waals surface area contributed by atoms with Crippen molar-refractivity contribution in [3.05, 3.63) is 75.9 Å². The Bertz CT molecular complexity index is 851. The van der Waals surface area contributed by atoms with E-state index in [1.54, 1.807) is 19.2 Å². The Labute approximate surface area is 132 Å². The van der Waals surface area contributed by atoms with Gasteiger partial charge in [-0.25, -0.2) is 0 Å². The first kappa shape index (κ1) is 14.4. The molecule has 0 bridgehead atoms. The molecular weight excluding hydrogens is 300 g/mol. The molecule has 1 aromatic heterocycles. The van der Waals surface area contributed by atoms with Gasteiger partial charge in [-0.2, -0.15) is 0 Å². The second kappa shape index (κ2) is 6.08. The fourth-order valence-electron chi connectivity index (χ4n) is 2.21. The molecule has 0 unspecified atom stereocenters. The Hall–Kier alpha value is -2.52. The molecule has 3 aromatic rings. The van der Waals surface area contributed by atoms with Crippen LogP contribution < -0.4 is 10.2 Å². The van der Waals surface area contributed by atoms with Gasteiger partial charge in [-0.3, -0.25) is 4.79 Å². The van der Waals surface area contributed by atoms with E-state index in [4.69, 9.17) is 20.8 Å². The minimum absolute atomic E-state index is 0.128. The second-order valence-corrected chi connectivity index (χ2v) is 5.17. The number of ether oxygens (including phenoxy) is 1. The lowest BCUT2D eigenvalue weighted by atomic mass is 10.1. The van der Waals surface area contributed by atoms with Crippen LogP contribution in [-0.4, -0.2) is 7.11 Å². The van der Waals surface area contributed by atoms with E-state index in [9.17, 15) is 4.79 Å². The maximum Gasteiger partial charge on any atom is 0.186 e. The molecule has 4 heteroatoms. The summed E-state index contributed by atoms with van der Waals surface area (Å²) < 4.78 is 11.2. The van der Waals surface area contributed by atoms with Crippen molar-refractivity contribution in [2.45, 2.75) is 0 Å². The van der Waals surface area contributed by atoms with E-state index in [1.165, 1.54) is 12.1 Å². The second-order valence-electron chi connectivity index (χ2n) is 4.73. The third-order valence-corrected chi connectivity index (χ3v) is 3.52. The number of methoxy groups -OCH3 is 1. The van der Waals surface area contributed by atoms with Gasteiger partial charge >= 0.3 is 0 Å². The number of hydrogen-bond acceptors (Lipinski definition) is 3. The zero-order valence-corrected chi connectivity index (χ0v) is 12.6. The Morgan fingerprint density at radius 3 is 2.36 bits per heavy atom. The molecule has 0 N–H and O–H groups in total. The Balaban J connectivity index is 2.14. The lowest BCUT2D eigenvalue weighted by Crippen LogP contribution is -1.99. The first-order chi connectivity index (χ1) is 10.7. The molecule has 3 nitrogen and oxygen atoms in total. The van der Waals surface area contributed by atoms with Gasteiger partial charge in [-0.1, -0.05) is 23.7 Å². The topological polar surface area (TPSA) is 39.4 Å². The van der Waals surface area contributed by atoms with Gasteiger partial charge in [0.15, 0.2) is 5.43 Å². The van der Waals surface area contributed by atoms with Crippen LogP contribution in [-0.2, 0) is 0 Å². The smallest absolute Gasteiger partial charge is 0.186 e. The van der Waals surface area contributed by atoms with Crippen LogP contribution in [0.5, 0.6) is 5.75 Å². The maximum atomic E-state index is 12.0. The summed E-state index contributed by atoms with van der Waals surface area (Å²) in [5, 5.41) is 0.631.